The second-order valence-electron chi connectivity index (χ2n) is 5.42. The van der Waals surface area contributed by atoms with Crippen molar-refractivity contribution in [3.63, 3.8) is 0 Å². The number of rotatable bonds is 4. The molecule has 3 aromatic rings. The van der Waals surface area contributed by atoms with Gasteiger partial charge >= 0.3 is 0 Å². The molecule has 0 bridgehead atoms. The number of benzene rings is 1. The second-order valence-corrected chi connectivity index (χ2v) is 6.33. The molecule has 0 saturated heterocycles. The van der Waals surface area contributed by atoms with E-state index >= 15 is 0 Å². The van der Waals surface area contributed by atoms with E-state index < -0.39 is 5.56 Å². The Balaban J connectivity index is 1.97. The van der Waals surface area contributed by atoms with E-state index in [2.05, 4.69) is 31.1 Å². The van der Waals surface area contributed by atoms with E-state index in [9.17, 15) is 14.4 Å². The average Bonchev–Trinajstić information content (AvgIpc) is 2.63. The highest BCUT2D eigenvalue weighted by atomic mass is 79.9. The molecule has 25 heavy (non-hydrogen) atoms. The van der Waals surface area contributed by atoms with Gasteiger partial charge in [-0.3, -0.25) is 14.4 Å². The topological polar surface area (TPSA) is 96.0 Å². The number of H-pyrrole nitrogens is 1. The van der Waals surface area contributed by atoms with Crippen molar-refractivity contribution in [2.75, 3.05) is 7.05 Å². The summed E-state index contributed by atoms with van der Waals surface area (Å²) in [6.07, 6.45) is 2.17. The quantitative estimate of drug-likeness (QED) is 0.676. The highest BCUT2D eigenvalue weighted by Crippen LogP contribution is 2.19. The summed E-state index contributed by atoms with van der Waals surface area (Å²) in [5.74, 6) is -0.313. The van der Waals surface area contributed by atoms with Gasteiger partial charge in [0.05, 0.1) is 17.8 Å². The molecule has 8 heteroatoms. The molecular formula is C17H13BrN4O3. The van der Waals surface area contributed by atoms with Crippen molar-refractivity contribution in [2.45, 2.75) is 6.54 Å². The molecule has 2 heterocycles. The van der Waals surface area contributed by atoms with Crippen LogP contribution in [0.3, 0.4) is 0 Å². The molecule has 0 fully saturated rings. The number of nitrogens with zero attached hydrogens (tertiary/aromatic N) is 3. The molecule has 2 aromatic heterocycles. The number of carbonyl (C=O) groups excluding carboxylic acids is 2. The van der Waals surface area contributed by atoms with E-state index in [1.807, 2.05) is 0 Å². The SMILES string of the molecule is CN(Cc1n[nH]c(=O)c2ncc(Br)cc12)C(=O)c1ccccc1C=O. The fraction of sp³-hybridized carbons (Fsp3) is 0.118. The summed E-state index contributed by atoms with van der Waals surface area (Å²) in [4.78, 5) is 41.2. The van der Waals surface area contributed by atoms with Crippen LogP contribution in [0.2, 0.25) is 0 Å². The Hall–Kier alpha value is -2.87. The number of fused-ring (bicyclic) bond motifs is 1. The van der Waals surface area contributed by atoms with Gasteiger partial charge in [-0.05, 0) is 28.1 Å². The van der Waals surface area contributed by atoms with Gasteiger partial charge in [0.2, 0.25) is 0 Å². The zero-order valence-electron chi connectivity index (χ0n) is 13.2. The van der Waals surface area contributed by atoms with Gasteiger partial charge in [-0.15, -0.1) is 0 Å². The van der Waals surface area contributed by atoms with Crippen LogP contribution in [0, 0.1) is 0 Å². The first-order valence-electron chi connectivity index (χ1n) is 7.33. The maximum Gasteiger partial charge on any atom is 0.290 e. The first-order valence-corrected chi connectivity index (χ1v) is 8.13. The van der Waals surface area contributed by atoms with Crippen LogP contribution in [0.4, 0.5) is 0 Å². The molecule has 1 N–H and O–H groups in total. The molecule has 1 aromatic carbocycles. The average molecular weight is 401 g/mol. The van der Waals surface area contributed by atoms with Crippen LogP contribution in [-0.4, -0.2) is 39.3 Å². The number of hydrogen-bond donors (Lipinski definition) is 1. The third-order valence-electron chi connectivity index (χ3n) is 3.72. The lowest BCUT2D eigenvalue weighted by Crippen LogP contribution is -2.28. The Kier molecular flexibility index (Phi) is 4.71. The number of pyridine rings is 1. The van der Waals surface area contributed by atoms with Gasteiger partial charge in [-0.1, -0.05) is 18.2 Å². The van der Waals surface area contributed by atoms with Gasteiger partial charge in [0, 0.05) is 28.7 Å². The van der Waals surface area contributed by atoms with Crippen LogP contribution in [0.1, 0.15) is 26.4 Å². The van der Waals surface area contributed by atoms with Crippen LogP contribution in [0.5, 0.6) is 0 Å². The summed E-state index contributed by atoms with van der Waals surface area (Å²) in [6.45, 7) is 0.150. The fourth-order valence-electron chi connectivity index (χ4n) is 2.49. The van der Waals surface area contributed by atoms with Crippen LogP contribution in [0.25, 0.3) is 10.9 Å². The van der Waals surface area contributed by atoms with E-state index in [4.69, 9.17) is 0 Å². The Morgan fingerprint density at radius 3 is 2.88 bits per heavy atom. The smallest absolute Gasteiger partial charge is 0.290 e. The summed E-state index contributed by atoms with van der Waals surface area (Å²) in [6, 6.07) is 8.31. The van der Waals surface area contributed by atoms with Crippen molar-refractivity contribution in [3.8, 4) is 0 Å². The van der Waals surface area contributed by atoms with E-state index in [0.29, 0.717) is 33.0 Å². The molecular weight excluding hydrogens is 388 g/mol. The van der Waals surface area contributed by atoms with Crippen LogP contribution < -0.4 is 5.56 Å². The predicted molar refractivity (Wildman–Crippen MR) is 95.5 cm³/mol. The van der Waals surface area contributed by atoms with E-state index in [1.165, 1.54) is 11.1 Å². The largest absolute Gasteiger partial charge is 0.336 e. The Labute approximate surface area is 150 Å². The van der Waals surface area contributed by atoms with E-state index in [1.54, 1.807) is 37.4 Å². The minimum Gasteiger partial charge on any atom is -0.336 e. The molecule has 126 valence electrons. The molecule has 0 radical (unpaired) electrons. The molecule has 0 spiro atoms. The number of carbonyl (C=O) groups is 2. The third-order valence-corrected chi connectivity index (χ3v) is 4.16. The van der Waals surface area contributed by atoms with Gasteiger partial charge in [0.25, 0.3) is 11.5 Å². The molecule has 0 aliphatic carbocycles. The standard InChI is InChI=1S/C17H13BrN4O3/c1-22(17(25)12-5-3-2-4-10(12)9-23)8-14-13-6-11(18)7-19-15(13)16(24)21-20-14/h2-7,9H,8H2,1H3,(H,21,24). The summed E-state index contributed by atoms with van der Waals surface area (Å²) in [5, 5.41) is 6.99. The van der Waals surface area contributed by atoms with Crippen LogP contribution in [-0.2, 0) is 6.54 Å². The monoisotopic (exact) mass is 400 g/mol. The summed E-state index contributed by atoms with van der Waals surface area (Å²) < 4.78 is 0.703. The lowest BCUT2D eigenvalue weighted by molar-refractivity contribution is 0.0780. The highest BCUT2D eigenvalue weighted by Gasteiger charge is 2.18. The lowest BCUT2D eigenvalue weighted by Gasteiger charge is -2.18. The van der Waals surface area contributed by atoms with Gasteiger partial charge in [0.1, 0.15) is 5.52 Å². The van der Waals surface area contributed by atoms with Crippen molar-refractivity contribution in [1.29, 1.82) is 0 Å². The predicted octanol–water partition coefficient (Wildman–Crippen LogP) is 2.17. The molecule has 0 aliphatic heterocycles. The number of amides is 1. The van der Waals surface area contributed by atoms with Crippen molar-refractivity contribution in [3.05, 3.63) is 68.2 Å². The fourth-order valence-corrected chi connectivity index (χ4v) is 2.82. The first-order chi connectivity index (χ1) is 12.0. The number of aromatic amines is 1. The number of nitrogens with one attached hydrogen (secondary N) is 1. The molecule has 0 unspecified atom stereocenters. The second kappa shape index (κ2) is 6.94. The Bertz CT molecular complexity index is 1030. The minimum absolute atomic E-state index is 0.150. The normalized spacial score (nSPS) is 10.6. The maximum atomic E-state index is 12.6. The number of hydrogen-bond acceptors (Lipinski definition) is 5. The lowest BCUT2D eigenvalue weighted by atomic mass is 10.1. The highest BCUT2D eigenvalue weighted by molar-refractivity contribution is 9.10. The number of aromatic nitrogens is 3. The maximum absolute atomic E-state index is 12.6. The molecule has 0 aliphatic rings. The Morgan fingerprint density at radius 1 is 1.36 bits per heavy atom. The zero-order chi connectivity index (χ0) is 18.0. The van der Waals surface area contributed by atoms with Crippen molar-refractivity contribution in [2.24, 2.45) is 0 Å². The van der Waals surface area contributed by atoms with Gasteiger partial charge in [-0.2, -0.15) is 5.10 Å². The third kappa shape index (κ3) is 3.34. The summed E-state index contributed by atoms with van der Waals surface area (Å²) >= 11 is 3.32. The summed E-state index contributed by atoms with van der Waals surface area (Å²) in [7, 11) is 1.61. The van der Waals surface area contributed by atoms with E-state index in [-0.39, 0.29) is 18.0 Å². The molecule has 7 nitrogen and oxygen atoms in total. The summed E-state index contributed by atoms with van der Waals surface area (Å²) in [5.41, 5.74) is 0.993. The molecule has 3 rings (SSSR count). The molecule has 0 atom stereocenters. The van der Waals surface area contributed by atoms with Crippen molar-refractivity contribution >= 4 is 39.0 Å². The van der Waals surface area contributed by atoms with E-state index in [0.717, 1.165) is 0 Å². The molecule has 1 amide bonds. The molecule has 0 saturated carbocycles. The first kappa shape index (κ1) is 17.0. The zero-order valence-corrected chi connectivity index (χ0v) is 14.8. The number of aldehydes is 1. The van der Waals surface area contributed by atoms with Gasteiger partial charge in [0.15, 0.2) is 6.29 Å². The van der Waals surface area contributed by atoms with Gasteiger partial charge in [-0.25, -0.2) is 10.1 Å². The number of halogens is 1. The minimum atomic E-state index is -0.397. The van der Waals surface area contributed by atoms with Crippen LogP contribution in [0.15, 0.2) is 45.8 Å². The van der Waals surface area contributed by atoms with Gasteiger partial charge < -0.3 is 4.90 Å². The van der Waals surface area contributed by atoms with Crippen molar-refractivity contribution in [1.82, 2.24) is 20.1 Å². The van der Waals surface area contributed by atoms with Crippen molar-refractivity contribution < 1.29 is 9.59 Å². The van der Waals surface area contributed by atoms with Crippen LogP contribution >= 0.6 is 15.9 Å². The Morgan fingerprint density at radius 2 is 2.12 bits per heavy atom.